The van der Waals surface area contributed by atoms with Crippen molar-refractivity contribution in [2.45, 2.75) is 33.7 Å². The maximum absolute atomic E-state index is 11.8. The topological polar surface area (TPSA) is 57.3 Å². The Balaban J connectivity index is 0.00000191. The van der Waals surface area contributed by atoms with Gasteiger partial charge in [-0.1, -0.05) is 44.0 Å². The zero-order valence-electron chi connectivity index (χ0n) is 13.2. The Morgan fingerprint density at radius 1 is 1.33 bits per heavy atom. The van der Waals surface area contributed by atoms with Crippen LogP contribution in [0.4, 0.5) is 10.5 Å². The zero-order valence-corrected chi connectivity index (χ0v) is 14.7. The van der Waals surface area contributed by atoms with Crippen LogP contribution < -0.4 is 10.6 Å². The summed E-state index contributed by atoms with van der Waals surface area (Å²) >= 11 is 11.5. The van der Waals surface area contributed by atoms with Gasteiger partial charge in [-0.15, -0.1) is 0 Å². The van der Waals surface area contributed by atoms with E-state index in [0.29, 0.717) is 5.69 Å². The molecule has 120 valence electrons. The molecule has 1 heterocycles. The summed E-state index contributed by atoms with van der Waals surface area (Å²) in [7, 11) is 2.00. The molecule has 1 rings (SSSR count). The standard InChI is InChI=1S/C12H18Cl2N4O.C2H6/c1-4-18(3)7-8(2)15-12(19)16-9-5-10(13)17-11(14)6-9;1-2/h5-6,8H,4,7H2,1-3H3,(H2,15,16,17,19);1-2H3/t8-;/m1./s1. The van der Waals surface area contributed by atoms with Crippen molar-refractivity contribution >= 4 is 34.9 Å². The molecule has 0 radical (unpaired) electrons. The molecular weight excluding hydrogens is 311 g/mol. The predicted octanol–water partition coefficient (Wildman–Crippen LogP) is 3.88. The van der Waals surface area contributed by atoms with Crippen molar-refractivity contribution in [2.24, 2.45) is 0 Å². The van der Waals surface area contributed by atoms with Crippen molar-refractivity contribution in [3.63, 3.8) is 0 Å². The van der Waals surface area contributed by atoms with E-state index in [9.17, 15) is 4.79 Å². The van der Waals surface area contributed by atoms with E-state index in [1.54, 1.807) is 0 Å². The summed E-state index contributed by atoms with van der Waals surface area (Å²) in [6, 6.07) is 2.82. The SMILES string of the molecule is CC.CCN(C)C[C@@H](C)NC(=O)Nc1cc(Cl)nc(Cl)c1. The Bertz CT molecular complexity index is 423. The predicted molar refractivity (Wildman–Crippen MR) is 90.4 cm³/mol. The van der Waals surface area contributed by atoms with Crippen LogP contribution in [-0.4, -0.2) is 42.1 Å². The molecule has 0 saturated carbocycles. The normalized spacial score (nSPS) is 11.4. The molecule has 0 aromatic carbocycles. The molecule has 0 unspecified atom stereocenters. The van der Waals surface area contributed by atoms with Crippen LogP contribution in [0.5, 0.6) is 0 Å². The van der Waals surface area contributed by atoms with Gasteiger partial charge >= 0.3 is 6.03 Å². The number of hydrogen-bond donors (Lipinski definition) is 2. The summed E-state index contributed by atoms with van der Waals surface area (Å²) in [6.07, 6.45) is 0. The molecule has 1 aromatic rings. The molecule has 0 aliphatic carbocycles. The molecular formula is C14H24Cl2N4O. The lowest BCUT2D eigenvalue weighted by molar-refractivity contribution is 0.243. The Labute approximate surface area is 137 Å². The highest BCUT2D eigenvalue weighted by atomic mass is 35.5. The molecule has 2 amide bonds. The Morgan fingerprint density at radius 2 is 1.86 bits per heavy atom. The molecule has 2 N–H and O–H groups in total. The Morgan fingerprint density at radius 3 is 2.33 bits per heavy atom. The minimum atomic E-state index is -0.296. The fraction of sp³-hybridized carbons (Fsp3) is 0.571. The number of carbonyl (C=O) groups excluding carboxylic acids is 1. The quantitative estimate of drug-likeness (QED) is 0.803. The molecule has 0 fully saturated rings. The molecule has 1 atom stereocenters. The van der Waals surface area contributed by atoms with E-state index in [1.165, 1.54) is 12.1 Å². The Hall–Kier alpha value is -1.04. The minimum Gasteiger partial charge on any atom is -0.334 e. The summed E-state index contributed by atoms with van der Waals surface area (Å²) in [4.78, 5) is 17.7. The summed E-state index contributed by atoms with van der Waals surface area (Å²) < 4.78 is 0. The largest absolute Gasteiger partial charge is 0.334 e. The molecule has 0 saturated heterocycles. The van der Waals surface area contributed by atoms with Crippen molar-refractivity contribution in [3.8, 4) is 0 Å². The van der Waals surface area contributed by atoms with E-state index >= 15 is 0 Å². The second-order valence-corrected chi connectivity index (χ2v) is 5.13. The lowest BCUT2D eigenvalue weighted by atomic mass is 10.3. The number of anilines is 1. The van der Waals surface area contributed by atoms with Crippen molar-refractivity contribution in [1.29, 1.82) is 0 Å². The third-order valence-corrected chi connectivity index (χ3v) is 2.91. The second kappa shape index (κ2) is 10.7. The van der Waals surface area contributed by atoms with Crippen molar-refractivity contribution < 1.29 is 4.79 Å². The number of urea groups is 1. The Kier molecular flexibility index (Phi) is 10.1. The number of rotatable bonds is 5. The van der Waals surface area contributed by atoms with Crippen LogP contribution in [0.2, 0.25) is 10.3 Å². The first-order valence-corrected chi connectivity index (χ1v) is 7.75. The molecule has 0 bridgehead atoms. The number of nitrogens with zero attached hydrogens (tertiary/aromatic N) is 2. The van der Waals surface area contributed by atoms with Crippen LogP contribution in [0.1, 0.15) is 27.7 Å². The third kappa shape index (κ3) is 8.75. The van der Waals surface area contributed by atoms with Crippen molar-refractivity contribution in [1.82, 2.24) is 15.2 Å². The molecule has 5 nitrogen and oxygen atoms in total. The van der Waals surface area contributed by atoms with Crippen LogP contribution in [0, 0.1) is 0 Å². The first kappa shape index (κ1) is 20.0. The highest BCUT2D eigenvalue weighted by Gasteiger charge is 2.10. The fourth-order valence-corrected chi connectivity index (χ4v) is 2.03. The van der Waals surface area contributed by atoms with Gasteiger partial charge in [0.25, 0.3) is 0 Å². The number of halogens is 2. The van der Waals surface area contributed by atoms with E-state index in [-0.39, 0.29) is 22.4 Å². The van der Waals surface area contributed by atoms with Gasteiger partial charge in [0.1, 0.15) is 10.3 Å². The number of carbonyl (C=O) groups is 1. The van der Waals surface area contributed by atoms with E-state index in [2.05, 4.69) is 27.4 Å². The molecule has 0 spiro atoms. The lowest BCUT2D eigenvalue weighted by Crippen LogP contribution is -2.42. The van der Waals surface area contributed by atoms with Crippen molar-refractivity contribution in [3.05, 3.63) is 22.4 Å². The lowest BCUT2D eigenvalue weighted by Gasteiger charge is -2.20. The molecule has 21 heavy (non-hydrogen) atoms. The van der Waals surface area contributed by atoms with Crippen LogP contribution in [0.3, 0.4) is 0 Å². The minimum absolute atomic E-state index is 0.0396. The first-order valence-electron chi connectivity index (χ1n) is 7.00. The molecule has 0 aliphatic heterocycles. The summed E-state index contributed by atoms with van der Waals surface area (Å²) in [5, 5.41) is 5.98. The average molecular weight is 335 g/mol. The number of amides is 2. The van der Waals surface area contributed by atoms with Crippen LogP contribution in [-0.2, 0) is 0 Å². The zero-order chi connectivity index (χ0) is 16.4. The van der Waals surface area contributed by atoms with Gasteiger partial charge in [0.05, 0.1) is 0 Å². The van der Waals surface area contributed by atoms with Crippen LogP contribution in [0.25, 0.3) is 0 Å². The van der Waals surface area contributed by atoms with Gasteiger partial charge in [-0.05, 0) is 32.6 Å². The number of likely N-dealkylation sites (N-methyl/N-ethyl adjacent to an activating group) is 1. The van der Waals surface area contributed by atoms with Crippen LogP contribution >= 0.6 is 23.2 Å². The average Bonchev–Trinajstić information content (AvgIpc) is 2.39. The fourth-order valence-electron chi connectivity index (χ4n) is 1.57. The summed E-state index contributed by atoms with van der Waals surface area (Å²) in [5.41, 5.74) is 0.513. The van der Waals surface area contributed by atoms with Gasteiger partial charge in [-0.25, -0.2) is 9.78 Å². The number of hydrogen-bond acceptors (Lipinski definition) is 3. The van der Waals surface area contributed by atoms with Gasteiger partial charge in [0.2, 0.25) is 0 Å². The highest BCUT2D eigenvalue weighted by Crippen LogP contribution is 2.18. The van der Waals surface area contributed by atoms with E-state index in [4.69, 9.17) is 23.2 Å². The number of nitrogens with one attached hydrogen (secondary N) is 2. The van der Waals surface area contributed by atoms with E-state index in [0.717, 1.165) is 13.1 Å². The monoisotopic (exact) mass is 334 g/mol. The second-order valence-electron chi connectivity index (χ2n) is 4.36. The van der Waals surface area contributed by atoms with Crippen molar-refractivity contribution in [2.75, 3.05) is 25.5 Å². The maximum Gasteiger partial charge on any atom is 0.319 e. The number of pyridine rings is 1. The summed E-state index contributed by atoms with van der Waals surface area (Å²) in [6.45, 7) is 9.72. The van der Waals surface area contributed by atoms with Gasteiger partial charge in [-0.2, -0.15) is 0 Å². The third-order valence-electron chi connectivity index (χ3n) is 2.52. The van der Waals surface area contributed by atoms with Crippen LogP contribution in [0.15, 0.2) is 12.1 Å². The molecule has 1 aromatic heterocycles. The number of aromatic nitrogens is 1. The smallest absolute Gasteiger partial charge is 0.319 e. The van der Waals surface area contributed by atoms with Gasteiger partial charge in [-0.3, -0.25) is 0 Å². The first-order chi connectivity index (χ1) is 9.90. The molecule has 7 heteroatoms. The maximum atomic E-state index is 11.8. The molecule has 0 aliphatic rings. The van der Waals surface area contributed by atoms with E-state index < -0.39 is 0 Å². The van der Waals surface area contributed by atoms with E-state index in [1.807, 2.05) is 27.8 Å². The highest BCUT2D eigenvalue weighted by molar-refractivity contribution is 6.32. The van der Waals surface area contributed by atoms with Gasteiger partial charge in [0, 0.05) is 18.3 Å². The summed E-state index contributed by atoms with van der Waals surface area (Å²) in [5.74, 6) is 0. The van der Waals surface area contributed by atoms with Gasteiger partial charge in [0.15, 0.2) is 0 Å². The van der Waals surface area contributed by atoms with Gasteiger partial charge < -0.3 is 15.5 Å².